The fourth-order valence-corrected chi connectivity index (χ4v) is 2.93. The lowest BCUT2D eigenvalue weighted by atomic mass is 9.98. The van der Waals surface area contributed by atoms with Crippen LogP contribution in [0.2, 0.25) is 0 Å². The average Bonchev–Trinajstić information content (AvgIpc) is 2.66. The maximum atomic E-state index is 7.85. The quantitative estimate of drug-likeness (QED) is 0.656. The summed E-state index contributed by atoms with van der Waals surface area (Å²) in [5, 5.41) is 16.4. The van der Waals surface area contributed by atoms with Gasteiger partial charge in [0.1, 0.15) is 5.84 Å². The van der Waals surface area contributed by atoms with Gasteiger partial charge >= 0.3 is 0 Å². The molecule has 1 aliphatic heterocycles. The largest absolute Gasteiger partial charge is 0.384 e. The van der Waals surface area contributed by atoms with Crippen molar-refractivity contribution in [1.29, 1.82) is 5.41 Å². The molecule has 1 fully saturated rings. The van der Waals surface area contributed by atoms with Gasteiger partial charge in [-0.1, -0.05) is 13.3 Å². The van der Waals surface area contributed by atoms with E-state index in [0.29, 0.717) is 0 Å². The Kier molecular flexibility index (Phi) is 4.57. The number of hydrogen-bond acceptors (Lipinski definition) is 4. The van der Waals surface area contributed by atoms with Crippen LogP contribution in [0, 0.1) is 25.2 Å². The lowest BCUT2D eigenvalue weighted by Crippen LogP contribution is -2.30. The first-order valence-electron chi connectivity index (χ1n) is 7.47. The number of anilines is 1. The van der Waals surface area contributed by atoms with Gasteiger partial charge in [-0.3, -0.25) is 5.41 Å². The van der Waals surface area contributed by atoms with Crippen LogP contribution in [0.15, 0.2) is 0 Å². The molecular formula is C15H25N5. The monoisotopic (exact) mass is 275 g/mol. The molecule has 2 heterocycles. The second-order valence-electron chi connectivity index (χ2n) is 5.71. The summed E-state index contributed by atoms with van der Waals surface area (Å²) in [6, 6.07) is 0. The number of rotatable bonds is 3. The number of amidine groups is 1. The molecule has 20 heavy (non-hydrogen) atoms. The van der Waals surface area contributed by atoms with Crippen LogP contribution in [0.25, 0.3) is 0 Å². The first kappa shape index (κ1) is 14.8. The zero-order valence-electron chi connectivity index (χ0n) is 12.7. The second kappa shape index (κ2) is 6.20. The normalized spacial score (nSPS) is 19.8. The van der Waals surface area contributed by atoms with E-state index in [0.717, 1.165) is 41.6 Å². The number of nitrogens with two attached hydrogens (primary N) is 1. The molecule has 0 spiro atoms. The van der Waals surface area contributed by atoms with E-state index in [1.165, 1.54) is 25.7 Å². The molecule has 3 N–H and O–H groups in total. The van der Waals surface area contributed by atoms with E-state index in [9.17, 15) is 0 Å². The van der Waals surface area contributed by atoms with Crippen molar-refractivity contribution in [2.75, 3.05) is 18.0 Å². The van der Waals surface area contributed by atoms with Crippen LogP contribution in [0.5, 0.6) is 0 Å². The molecule has 0 aromatic carbocycles. The van der Waals surface area contributed by atoms with E-state index < -0.39 is 0 Å². The molecule has 0 saturated carbocycles. The zero-order valence-corrected chi connectivity index (χ0v) is 12.7. The molecule has 1 aliphatic rings. The maximum absolute atomic E-state index is 7.85. The van der Waals surface area contributed by atoms with E-state index in [1.807, 2.05) is 13.8 Å². The van der Waals surface area contributed by atoms with E-state index in [2.05, 4.69) is 22.0 Å². The van der Waals surface area contributed by atoms with Crippen LogP contribution in [-0.4, -0.2) is 29.1 Å². The Morgan fingerprint density at radius 3 is 2.70 bits per heavy atom. The summed E-state index contributed by atoms with van der Waals surface area (Å²) in [6.07, 6.45) is 4.87. The molecule has 0 radical (unpaired) electrons. The van der Waals surface area contributed by atoms with Crippen molar-refractivity contribution in [3.05, 3.63) is 16.8 Å². The van der Waals surface area contributed by atoms with Crippen molar-refractivity contribution in [2.45, 2.75) is 46.5 Å². The summed E-state index contributed by atoms with van der Waals surface area (Å²) in [5.41, 5.74) is 8.35. The van der Waals surface area contributed by atoms with Crippen LogP contribution in [0.1, 0.15) is 49.4 Å². The predicted molar refractivity (Wildman–Crippen MR) is 82.4 cm³/mol. The molecule has 5 nitrogen and oxygen atoms in total. The molecule has 1 aromatic heterocycles. The molecule has 1 aromatic rings. The fraction of sp³-hybridized carbons (Fsp3) is 0.667. The minimum atomic E-state index is 0.0896. The van der Waals surface area contributed by atoms with Gasteiger partial charge in [0.25, 0.3) is 0 Å². The summed E-state index contributed by atoms with van der Waals surface area (Å²) < 4.78 is 0. The summed E-state index contributed by atoms with van der Waals surface area (Å²) in [6.45, 7) is 8.10. The molecule has 2 rings (SSSR count). The highest BCUT2D eigenvalue weighted by atomic mass is 15.3. The van der Waals surface area contributed by atoms with Gasteiger partial charge in [-0.2, -0.15) is 5.10 Å². The number of nitrogens with zero attached hydrogens (tertiary/aromatic N) is 3. The van der Waals surface area contributed by atoms with E-state index in [-0.39, 0.29) is 5.84 Å². The van der Waals surface area contributed by atoms with E-state index in [4.69, 9.17) is 11.1 Å². The standard InChI is InChI=1S/C15H25N5/c1-4-12-6-5-8-20(9-7-12)15-13(14(16)17)10(2)11(3)18-19-15/h12H,4-9H2,1-3H3,(H3,16,17). The second-order valence-corrected chi connectivity index (χ2v) is 5.71. The zero-order chi connectivity index (χ0) is 14.7. The lowest BCUT2D eigenvalue weighted by molar-refractivity contribution is 0.459. The van der Waals surface area contributed by atoms with Crippen LogP contribution in [0.4, 0.5) is 5.82 Å². The molecule has 1 atom stereocenters. The van der Waals surface area contributed by atoms with Crippen molar-refractivity contribution < 1.29 is 0 Å². The summed E-state index contributed by atoms with van der Waals surface area (Å²) in [7, 11) is 0. The van der Waals surface area contributed by atoms with E-state index >= 15 is 0 Å². The maximum Gasteiger partial charge on any atom is 0.162 e. The van der Waals surface area contributed by atoms with Gasteiger partial charge in [0.2, 0.25) is 0 Å². The summed E-state index contributed by atoms with van der Waals surface area (Å²) in [4.78, 5) is 2.26. The van der Waals surface area contributed by atoms with Gasteiger partial charge < -0.3 is 10.6 Å². The van der Waals surface area contributed by atoms with E-state index in [1.54, 1.807) is 0 Å². The van der Waals surface area contributed by atoms with Crippen molar-refractivity contribution in [3.8, 4) is 0 Å². The molecular weight excluding hydrogens is 250 g/mol. The Balaban J connectivity index is 2.32. The highest BCUT2D eigenvalue weighted by Gasteiger charge is 2.22. The van der Waals surface area contributed by atoms with Crippen LogP contribution in [-0.2, 0) is 0 Å². The van der Waals surface area contributed by atoms with Gasteiger partial charge in [0.15, 0.2) is 5.82 Å². The van der Waals surface area contributed by atoms with Gasteiger partial charge in [0.05, 0.1) is 11.3 Å². The van der Waals surface area contributed by atoms with Crippen LogP contribution in [0.3, 0.4) is 0 Å². The lowest BCUT2D eigenvalue weighted by Gasteiger charge is -2.24. The first-order chi connectivity index (χ1) is 9.54. The highest BCUT2D eigenvalue weighted by Crippen LogP contribution is 2.27. The van der Waals surface area contributed by atoms with Crippen LogP contribution < -0.4 is 10.6 Å². The van der Waals surface area contributed by atoms with Gasteiger partial charge in [0, 0.05) is 13.1 Å². The Morgan fingerprint density at radius 2 is 2.05 bits per heavy atom. The summed E-state index contributed by atoms with van der Waals surface area (Å²) in [5.74, 6) is 1.68. The SMILES string of the molecule is CCC1CCCN(c2nnc(C)c(C)c2C(=N)N)CC1. The molecule has 5 heteroatoms. The number of nitrogens with one attached hydrogen (secondary N) is 1. The van der Waals surface area contributed by atoms with Gasteiger partial charge in [-0.05, 0) is 44.6 Å². The molecule has 110 valence electrons. The van der Waals surface area contributed by atoms with Crippen LogP contribution >= 0.6 is 0 Å². The third-order valence-electron chi connectivity index (χ3n) is 4.43. The number of nitrogen functional groups attached to an aromatic ring is 1. The molecule has 1 unspecified atom stereocenters. The number of aromatic nitrogens is 2. The first-order valence-corrected chi connectivity index (χ1v) is 7.47. The Labute approximate surface area is 121 Å². The van der Waals surface area contributed by atoms with Gasteiger partial charge in [-0.15, -0.1) is 5.10 Å². The topological polar surface area (TPSA) is 78.9 Å². The van der Waals surface area contributed by atoms with Crippen molar-refractivity contribution in [1.82, 2.24) is 10.2 Å². The van der Waals surface area contributed by atoms with Crippen molar-refractivity contribution in [3.63, 3.8) is 0 Å². The van der Waals surface area contributed by atoms with Crippen molar-refractivity contribution >= 4 is 11.7 Å². The third kappa shape index (κ3) is 2.92. The number of aryl methyl sites for hydroxylation is 1. The third-order valence-corrected chi connectivity index (χ3v) is 4.43. The Bertz CT molecular complexity index is 497. The highest BCUT2D eigenvalue weighted by molar-refractivity contribution is 6.01. The minimum absolute atomic E-state index is 0.0896. The smallest absolute Gasteiger partial charge is 0.162 e. The Hall–Kier alpha value is -1.65. The molecule has 0 bridgehead atoms. The molecule has 1 saturated heterocycles. The fourth-order valence-electron chi connectivity index (χ4n) is 2.93. The minimum Gasteiger partial charge on any atom is -0.384 e. The average molecular weight is 275 g/mol. The molecule has 0 aliphatic carbocycles. The summed E-state index contributed by atoms with van der Waals surface area (Å²) >= 11 is 0. The number of hydrogen-bond donors (Lipinski definition) is 2. The van der Waals surface area contributed by atoms with Gasteiger partial charge in [-0.25, -0.2) is 0 Å². The van der Waals surface area contributed by atoms with Crippen molar-refractivity contribution in [2.24, 2.45) is 11.7 Å². The molecule has 0 amide bonds. The Morgan fingerprint density at radius 1 is 1.30 bits per heavy atom. The predicted octanol–water partition coefficient (Wildman–Crippen LogP) is 2.39.